The summed E-state index contributed by atoms with van der Waals surface area (Å²) in [4.78, 5) is 5.16. The van der Waals surface area contributed by atoms with Gasteiger partial charge in [-0.1, -0.05) is 6.92 Å². The van der Waals surface area contributed by atoms with Crippen molar-refractivity contribution in [3.8, 4) is 0 Å². The van der Waals surface area contributed by atoms with Crippen LogP contribution in [-0.4, -0.2) is 62.2 Å². The fourth-order valence-corrected chi connectivity index (χ4v) is 2.13. The van der Waals surface area contributed by atoms with E-state index in [0.29, 0.717) is 0 Å². The highest BCUT2D eigenvalue weighted by atomic mass is 15.3. The van der Waals surface area contributed by atoms with Crippen molar-refractivity contribution < 1.29 is 0 Å². The van der Waals surface area contributed by atoms with E-state index >= 15 is 0 Å². The normalized spacial score (nSPS) is 27.5. The van der Waals surface area contributed by atoms with E-state index in [-0.39, 0.29) is 0 Å². The number of rotatable bonds is 3. The van der Waals surface area contributed by atoms with E-state index < -0.39 is 0 Å². The Morgan fingerprint density at radius 1 is 1.08 bits per heavy atom. The fourth-order valence-electron chi connectivity index (χ4n) is 2.13. The highest BCUT2D eigenvalue weighted by molar-refractivity contribution is 4.80. The second kappa shape index (κ2) is 4.40. The lowest BCUT2D eigenvalue weighted by Crippen LogP contribution is -2.53. The van der Waals surface area contributed by atoms with Crippen molar-refractivity contribution in [3.05, 3.63) is 0 Å². The molecule has 0 radical (unpaired) electrons. The lowest BCUT2D eigenvalue weighted by Gasteiger charge is -2.38. The molecule has 0 aromatic heterocycles. The van der Waals surface area contributed by atoms with Crippen LogP contribution in [0.25, 0.3) is 0 Å². The van der Waals surface area contributed by atoms with Crippen LogP contribution >= 0.6 is 0 Å². The Morgan fingerprint density at radius 2 is 1.69 bits per heavy atom. The van der Waals surface area contributed by atoms with Crippen LogP contribution in [0.3, 0.4) is 0 Å². The highest BCUT2D eigenvalue weighted by Gasteiger charge is 2.22. The molecular weight excluding hydrogens is 162 g/mol. The number of hydrogen-bond acceptors (Lipinski definition) is 3. The van der Waals surface area contributed by atoms with Crippen molar-refractivity contribution in [2.75, 3.05) is 52.4 Å². The van der Waals surface area contributed by atoms with Crippen LogP contribution in [0.1, 0.15) is 6.92 Å². The van der Waals surface area contributed by atoms with Crippen molar-refractivity contribution >= 4 is 0 Å². The largest absolute Gasteiger partial charge is 0.316 e. The zero-order valence-corrected chi connectivity index (χ0v) is 8.63. The van der Waals surface area contributed by atoms with Crippen LogP contribution in [0.4, 0.5) is 0 Å². The molecule has 0 aromatic rings. The van der Waals surface area contributed by atoms with E-state index in [4.69, 9.17) is 0 Å². The molecule has 0 aliphatic carbocycles. The summed E-state index contributed by atoms with van der Waals surface area (Å²) in [6, 6.07) is 0. The predicted octanol–water partition coefficient (Wildman–Crippen LogP) is -0.157. The average Bonchev–Trinajstić information content (AvgIpc) is 2.12. The molecule has 2 rings (SSSR count). The molecule has 0 amide bonds. The molecule has 13 heavy (non-hydrogen) atoms. The van der Waals surface area contributed by atoms with Crippen LogP contribution in [0, 0.1) is 5.92 Å². The van der Waals surface area contributed by atoms with Crippen molar-refractivity contribution in [2.45, 2.75) is 6.92 Å². The van der Waals surface area contributed by atoms with Crippen LogP contribution < -0.4 is 5.32 Å². The minimum absolute atomic E-state index is 0.938. The smallest absolute Gasteiger partial charge is 0.0110 e. The summed E-state index contributed by atoms with van der Waals surface area (Å²) >= 11 is 0. The maximum Gasteiger partial charge on any atom is 0.0110 e. The van der Waals surface area contributed by atoms with Gasteiger partial charge < -0.3 is 15.1 Å². The summed E-state index contributed by atoms with van der Waals surface area (Å²) in [6.07, 6.45) is 0. The molecule has 0 spiro atoms. The lowest BCUT2D eigenvalue weighted by atomic mass is 10.0. The summed E-state index contributed by atoms with van der Waals surface area (Å²) < 4.78 is 0. The van der Waals surface area contributed by atoms with Gasteiger partial charge in [0.25, 0.3) is 0 Å². The number of likely N-dealkylation sites (N-methyl/N-ethyl adjacent to an activating group) is 1. The summed E-state index contributed by atoms with van der Waals surface area (Å²) in [5.41, 5.74) is 0. The molecular formula is C10H21N3. The van der Waals surface area contributed by atoms with Crippen molar-refractivity contribution in [1.29, 1.82) is 0 Å². The summed E-state index contributed by atoms with van der Waals surface area (Å²) in [7, 11) is 0. The number of nitrogens with one attached hydrogen (secondary N) is 1. The minimum Gasteiger partial charge on any atom is -0.316 e. The molecule has 3 heteroatoms. The van der Waals surface area contributed by atoms with E-state index in [1.807, 2.05) is 0 Å². The molecule has 2 heterocycles. The average molecular weight is 183 g/mol. The third-order valence-corrected chi connectivity index (χ3v) is 3.29. The van der Waals surface area contributed by atoms with Gasteiger partial charge in [0.1, 0.15) is 0 Å². The lowest BCUT2D eigenvalue weighted by molar-refractivity contribution is 0.110. The van der Waals surface area contributed by atoms with Gasteiger partial charge >= 0.3 is 0 Å². The van der Waals surface area contributed by atoms with Crippen LogP contribution in [-0.2, 0) is 0 Å². The molecule has 2 aliphatic rings. The van der Waals surface area contributed by atoms with Gasteiger partial charge in [0, 0.05) is 45.8 Å². The summed E-state index contributed by atoms with van der Waals surface area (Å²) in [5.74, 6) is 0.938. The zero-order valence-electron chi connectivity index (χ0n) is 8.63. The Balaban J connectivity index is 1.65. The fraction of sp³-hybridized carbons (Fsp3) is 1.00. The van der Waals surface area contributed by atoms with E-state index in [0.717, 1.165) is 5.92 Å². The number of hydrogen-bond donors (Lipinski definition) is 1. The van der Waals surface area contributed by atoms with Gasteiger partial charge in [-0.3, -0.25) is 0 Å². The van der Waals surface area contributed by atoms with E-state index in [9.17, 15) is 0 Å². The molecule has 1 N–H and O–H groups in total. The quantitative estimate of drug-likeness (QED) is 0.656. The molecule has 0 unspecified atom stereocenters. The standard InChI is InChI=1S/C10H21N3/c1-2-12-3-5-13(6-4-12)9-10-7-11-8-10/h10-11H,2-9H2,1H3. The maximum absolute atomic E-state index is 3.33. The first-order valence-electron chi connectivity index (χ1n) is 5.54. The third kappa shape index (κ3) is 2.42. The van der Waals surface area contributed by atoms with Crippen molar-refractivity contribution in [1.82, 2.24) is 15.1 Å². The zero-order chi connectivity index (χ0) is 9.10. The Morgan fingerprint density at radius 3 is 2.15 bits per heavy atom. The molecule has 0 atom stereocenters. The van der Waals surface area contributed by atoms with E-state index in [1.165, 1.54) is 52.4 Å². The minimum atomic E-state index is 0.938. The van der Waals surface area contributed by atoms with Gasteiger partial charge in [-0.25, -0.2) is 0 Å². The predicted molar refractivity (Wildman–Crippen MR) is 54.9 cm³/mol. The van der Waals surface area contributed by atoms with Crippen LogP contribution in [0.5, 0.6) is 0 Å². The third-order valence-electron chi connectivity index (χ3n) is 3.29. The number of nitrogens with zero attached hydrogens (tertiary/aromatic N) is 2. The Hall–Kier alpha value is -0.120. The molecule has 2 saturated heterocycles. The molecule has 2 aliphatic heterocycles. The molecule has 0 saturated carbocycles. The van der Waals surface area contributed by atoms with E-state index in [2.05, 4.69) is 22.0 Å². The Labute approximate surface area is 81.1 Å². The SMILES string of the molecule is CCN1CCN(CC2CNC2)CC1. The second-order valence-corrected chi connectivity index (χ2v) is 4.26. The van der Waals surface area contributed by atoms with Crippen molar-refractivity contribution in [3.63, 3.8) is 0 Å². The summed E-state index contributed by atoms with van der Waals surface area (Å²) in [6.45, 7) is 12.4. The number of piperazine rings is 1. The van der Waals surface area contributed by atoms with Gasteiger partial charge in [0.15, 0.2) is 0 Å². The van der Waals surface area contributed by atoms with Crippen LogP contribution in [0.15, 0.2) is 0 Å². The van der Waals surface area contributed by atoms with Gasteiger partial charge in [-0.2, -0.15) is 0 Å². The first-order chi connectivity index (χ1) is 6.38. The maximum atomic E-state index is 3.33. The van der Waals surface area contributed by atoms with Gasteiger partial charge in [-0.15, -0.1) is 0 Å². The Bertz CT molecular complexity index is 148. The van der Waals surface area contributed by atoms with Crippen LogP contribution in [0.2, 0.25) is 0 Å². The summed E-state index contributed by atoms with van der Waals surface area (Å²) in [5, 5.41) is 3.33. The monoisotopic (exact) mass is 183 g/mol. The van der Waals surface area contributed by atoms with Gasteiger partial charge in [0.05, 0.1) is 0 Å². The van der Waals surface area contributed by atoms with Gasteiger partial charge in [0.2, 0.25) is 0 Å². The second-order valence-electron chi connectivity index (χ2n) is 4.26. The van der Waals surface area contributed by atoms with Crippen molar-refractivity contribution in [2.24, 2.45) is 5.92 Å². The highest BCUT2D eigenvalue weighted by Crippen LogP contribution is 2.08. The Kier molecular flexibility index (Phi) is 3.19. The molecule has 0 aromatic carbocycles. The molecule has 2 fully saturated rings. The first-order valence-corrected chi connectivity index (χ1v) is 5.54. The molecule has 0 bridgehead atoms. The molecule has 3 nitrogen and oxygen atoms in total. The van der Waals surface area contributed by atoms with E-state index in [1.54, 1.807) is 0 Å². The topological polar surface area (TPSA) is 18.5 Å². The van der Waals surface area contributed by atoms with Gasteiger partial charge in [-0.05, 0) is 12.5 Å². The molecule has 76 valence electrons. The first kappa shape index (κ1) is 9.44.